The molecule has 0 unspecified atom stereocenters. The summed E-state index contributed by atoms with van der Waals surface area (Å²) in [5.74, 6) is 0. The highest BCUT2D eigenvalue weighted by Gasteiger charge is 2.43. The van der Waals surface area contributed by atoms with E-state index in [-0.39, 0.29) is 4.91 Å². The molecule has 2 rings (SSSR count). The molecule has 18 heavy (non-hydrogen) atoms. The fourth-order valence-electron chi connectivity index (χ4n) is 2.12. The molecule has 0 aromatic rings. The van der Waals surface area contributed by atoms with Gasteiger partial charge in [0.05, 0.1) is 26.4 Å². The molecule has 0 amide bonds. The Morgan fingerprint density at radius 2 is 1.44 bits per heavy atom. The average molecular weight is 298 g/mol. The Kier molecular flexibility index (Phi) is 5.00. The van der Waals surface area contributed by atoms with Crippen LogP contribution in [0.1, 0.15) is 0 Å². The zero-order valence-corrected chi connectivity index (χ0v) is 11.6. The molecule has 2 aliphatic rings. The molecule has 2 aliphatic heterocycles. The molecule has 0 radical (unpaired) electrons. The number of oxime groups is 1. The largest absolute Gasteiger partial charge is 0.409 e. The third-order valence-corrected chi connectivity index (χ3v) is 6.70. The lowest BCUT2D eigenvalue weighted by atomic mass is 10.5. The molecule has 0 aromatic carbocycles. The zero-order chi connectivity index (χ0) is 13.0. The van der Waals surface area contributed by atoms with Gasteiger partial charge >= 0.3 is 0 Å². The van der Waals surface area contributed by atoms with Crippen molar-refractivity contribution in [3.05, 3.63) is 0 Å². The van der Waals surface area contributed by atoms with Crippen LogP contribution in [0.2, 0.25) is 0 Å². The summed E-state index contributed by atoms with van der Waals surface area (Å²) < 4.78 is 27.2. The minimum absolute atomic E-state index is 0.244. The Balaban J connectivity index is 2.23. The molecule has 0 bridgehead atoms. The highest BCUT2D eigenvalue weighted by Crippen LogP contribution is 2.56. The molecule has 2 heterocycles. The zero-order valence-electron chi connectivity index (χ0n) is 10.00. The molecule has 9 heteroatoms. The van der Waals surface area contributed by atoms with Gasteiger partial charge in [-0.15, -0.1) is 0 Å². The van der Waals surface area contributed by atoms with E-state index in [4.69, 9.17) is 26.3 Å². The number of morpholine rings is 2. The summed E-state index contributed by atoms with van der Waals surface area (Å²) in [6.45, 7) is 4.07. The lowest BCUT2D eigenvalue weighted by molar-refractivity contribution is 0.0542. The molecule has 104 valence electrons. The van der Waals surface area contributed by atoms with Gasteiger partial charge in [-0.2, -0.15) is 0 Å². The Morgan fingerprint density at radius 3 is 1.78 bits per heavy atom. The van der Waals surface area contributed by atoms with Gasteiger partial charge in [0.25, 0.3) is 7.44 Å². The second-order valence-electron chi connectivity index (χ2n) is 4.05. The molecule has 0 atom stereocenters. The molecule has 0 aromatic heterocycles. The lowest BCUT2D eigenvalue weighted by Gasteiger charge is -2.40. The average Bonchev–Trinajstić information content (AvgIpc) is 2.47. The summed E-state index contributed by atoms with van der Waals surface area (Å²) in [7, 11) is -3.19. The van der Waals surface area contributed by atoms with E-state index in [0.717, 1.165) is 0 Å². The number of hydrogen-bond donors (Lipinski definition) is 1. The Bertz CT molecular complexity index is 334. The van der Waals surface area contributed by atoms with Crippen molar-refractivity contribution >= 4 is 24.0 Å². The van der Waals surface area contributed by atoms with E-state index in [1.54, 1.807) is 9.34 Å². The van der Waals surface area contributed by atoms with Crippen molar-refractivity contribution in [2.75, 3.05) is 52.6 Å². The first kappa shape index (κ1) is 14.2. The van der Waals surface area contributed by atoms with E-state index in [2.05, 4.69) is 5.16 Å². The van der Waals surface area contributed by atoms with Crippen LogP contribution in [0.5, 0.6) is 0 Å². The predicted octanol–water partition coefficient (Wildman–Crippen LogP) is 0.828. The maximum Gasteiger partial charge on any atom is 0.278 e. The van der Waals surface area contributed by atoms with Crippen molar-refractivity contribution in [1.82, 2.24) is 9.34 Å². The smallest absolute Gasteiger partial charge is 0.278 e. The summed E-state index contributed by atoms with van der Waals surface area (Å²) in [6, 6.07) is 0. The standard InChI is InChI=1S/C9H17ClN3O4P/c10-9(11-14)18(15,12-1-5-16-6-2-12)13-3-7-17-8-4-13/h14H,1-8H2/b11-9+. The van der Waals surface area contributed by atoms with Gasteiger partial charge in [0, 0.05) is 26.2 Å². The minimum atomic E-state index is -3.19. The van der Waals surface area contributed by atoms with Crippen LogP contribution in [0, 0.1) is 0 Å². The molecule has 0 spiro atoms. The topological polar surface area (TPSA) is 74.6 Å². The van der Waals surface area contributed by atoms with Crippen LogP contribution in [0.25, 0.3) is 0 Å². The lowest BCUT2D eigenvalue weighted by Crippen LogP contribution is -2.44. The van der Waals surface area contributed by atoms with Gasteiger partial charge in [-0.05, 0) is 0 Å². The van der Waals surface area contributed by atoms with Crippen molar-refractivity contribution < 1.29 is 19.2 Å². The van der Waals surface area contributed by atoms with Crippen LogP contribution < -0.4 is 0 Å². The van der Waals surface area contributed by atoms with E-state index in [1.165, 1.54) is 0 Å². The van der Waals surface area contributed by atoms with Crippen molar-refractivity contribution in [3.63, 3.8) is 0 Å². The van der Waals surface area contributed by atoms with Crippen molar-refractivity contribution in [3.8, 4) is 0 Å². The molecule has 7 nitrogen and oxygen atoms in total. The van der Waals surface area contributed by atoms with Gasteiger partial charge < -0.3 is 14.7 Å². The Hall–Kier alpha value is -0.170. The minimum Gasteiger partial charge on any atom is -0.409 e. The highest BCUT2D eigenvalue weighted by atomic mass is 35.5. The number of nitrogens with zero attached hydrogens (tertiary/aromatic N) is 3. The van der Waals surface area contributed by atoms with E-state index in [9.17, 15) is 4.57 Å². The Labute approximate surface area is 111 Å². The van der Waals surface area contributed by atoms with Gasteiger partial charge in [-0.1, -0.05) is 16.8 Å². The molecular weight excluding hydrogens is 281 g/mol. The fraction of sp³-hybridized carbons (Fsp3) is 0.889. The van der Waals surface area contributed by atoms with Crippen LogP contribution in [-0.2, 0) is 14.0 Å². The van der Waals surface area contributed by atoms with Crippen molar-refractivity contribution in [2.24, 2.45) is 5.16 Å². The van der Waals surface area contributed by atoms with Gasteiger partial charge in [0.2, 0.25) is 4.91 Å². The van der Waals surface area contributed by atoms with E-state index >= 15 is 0 Å². The number of hydrogen-bond acceptors (Lipinski definition) is 5. The van der Waals surface area contributed by atoms with Gasteiger partial charge in [0.15, 0.2) is 0 Å². The SMILES string of the molecule is O=P(/C(Cl)=N/O)(N1CCOCC1)N1CCOCC1. The van der Waals surface area contributed by atoms with Crippen LogP contribution >= 0.6 is 19.0 Å². The molecule has 2 saturated heterocycles. The fourth-order valence-corrected chi connectivity index (χ4v) is 5.11. The first-order valence-electron chi connectivity index (χ1n) is 5.84. The molecule has 1 N–H and O–H groups in total. The van der Waals surface area contributed by atoms with Crippen LogP contribution in [0.15, 0.2) is 5.16 Å². The molecule has 2 fully saturated rings. The number of ether oxygens (including phenoxy) is 2. The summed E-state index contributed by atoms with van der Waals surface area (Å²) >= 11 is 5.91. The van der Waals surface area contributed by atoms with Gasteiger partial charge in [-0.25, -0.2) is 9.34 Å². The molecule has 0 saturated carbocycles. The quantitative estimate of drug-likeness (QED) is 0.360. The maximum absolute atomic E-state index is 13.2. The van der Waals surface area contributed by atoms with E-state index in [1.807, 2.05) is 0 Å². The third kappa shape index (κ3) is 2.71. The van der Waals surface area contributed by atoms with Crippen LogP contribution in [0.4, 0.5) is 0 Å². The van der Waals surface area contributed by atoms with E-state index in [0.29, 0.717) is 52.6 Å². The third-order valence-electron chi connectivity index (χ3n) is 3.06. The number of halogens is 1. The summed E-state index contributed by atoms with van der Waals surface area (Å²) in [5.41, 5.74) is 0. The summed E-state index contributed by atoms with van der Waals surface area (Å²) in [4.78, 5) is -0.244. The van der Waals surface area contributed by atoms with Crippen molar-refractivity contribution in [1.29, 1.82) is 0 Å². The van der Waals surface area contributed by atoms with Gasteiger partial charge in [-0.3, -0.25) is 4.57 Å². The van der Waals surface area contributed by atoms with Crippen LogP contribution in [0.3, 0.4) is 0 Å². The maximum atomic E-state index is 13.2. The van der Waals surface area contributed by atoms with Crippen molar-refractivity contribution in [2.45, 2.75) is 0 Å². The Morgan fingerprint density at radius 1 is 1.06 bits per heavy atom. The summed E-state index contributed by atoms with van der Waals surface area (Å²) in [6.07, 6.45) is 0. The first-order chi connectivity index (χ1) is 8.69. The molecule has 0 aliphatic carbocycles. The monoisotopic (exact) mass is 297 g/mol. The summed E-state index contributed by atoms with van der Waals surface area (Å²) in [5, 5.41) is 11.9. The van der Waals surface area contributed by atoms with Crippen LogP contribution in [-0.4, -0.2) is 72.1 Å². The normalized spacial score (nSPS) is 25.3. The second kappa shape index (κ2) is 6.32. The highest BCUT2D eigenvalue weighted by molar-refractivity contribution is 7.81. The van der Waals surface area contributed by atoms with Gasteiger partial charge in [0.1, 0.15) is 0 Å². The van der Waals surface area contributed by atoms with E-state index < -0.39 is 7.44 Å². The number of rotatable bonds is 3. The predicted molar refractivity (Wildman–Crippen MR) is 67.5 cm³/mol. The first-order valence-corrected chi connectivity index (χ1v) is 7.83. The molecular formula is C9H17ClN3O4P. The second-order valence-corrected chi connectivity index (χ2v) is 7.31.